The predicted octanol–water partition coefficient (Wildman–Crippen LogP) is 5.94. The maximum atomic E-state index is 13.4. The number of hydrogen-bond donors (Lipinski definition) is 1. The Balaban J connectivity index is 1.58. The fraction of sp³-hybridized carbons (Fsp3) is 0.250. The summed E-state index contributed by atoms with van der Waals surface area (Å²) in [6.07, 6.45) is 0.571. The van der Waals surface area contributed by atoms with Crippen LogP contribution in [0.4, 0.5) is 13.2 Å². The Kier molecular flexibility index (Phi) is 7.07. The van der Waals surface area contributed by atoms with E-state index in [2.05, 4.69) is 16.9 Å². The molecule has 0 saturated heterocycles. The van der Waals surface area contributed by atoms with Crippen LogP contribution in [-0.4, -0.2) is 35.4 Å². The van der Waals surface area contributed by atoms with Gasteiger partial charge in [0, 0.05) is 24.3 Å². The minimum Gasteiger partial charge on any atom is -0.465 e. The number of halogens is 3. The number of nitrogens with zero attached hydrogens (tertiary/aromatic N) is 2. The van der Waals surface area contributed by atoms with E-state index in [1.807, 2.05) is 28.8 Å². The Labute approximate surface area is 212 Å². The van der Waals surface area contributed by atoms with Crippen LogP contribution in [0.15, 0.2) is 84.1 Å². The van der Waals surface area contributed by atoms with Gasteiger partial charge in [-0.1, -0.05) is 30.8 Å². The maximum Gasteiger partial charge on any atom is 0.433 e. The summed E-state index contributed by atoms with van der Waals surface area (Å²) in [4.78, 5) is 28.7. The van der Waals surface area contributed by atoms with Crippen LogP contribution in [0.5, 0.6) is 0 Å². The molecule has 1 aliphatic rings. The largest absolute Gasteiger partial charge is 0.465 e. The summed E-state index contributed by atoms with van der Waals surface area (Å²) < 4.78 is 45.4. The number of alkyl halides is 3. The lowest BCUT2D eigenvalue weighted by molar-refractivity contribution is -0.0576. The zero-order chi connectivity index (χ0) is 26.8. The van der Waals surface area contributed by atoms with Gasteiger partial charge in [0.15, 0.2) is 0 Å². The highest BCUT2D eigenvalue weighted by atomic mass is 19.4. The molecule has 37 heavy (non-hydrogen) atoms. The second-order valence-electron chi connectivity index (χ2n) is 8.98. The smallest absolute Gasteiger partial charge is 0.433 e. The first-order valence-electron chi connectivity index (χ1n) is 11.6. The molecule has 1 amide bonds. The summed E-state index contributed by atoms with van der Waals surface area (Å²) in [7, 11) is 1.32. The van der Waals surface area contributed by atoms with Crippen LogP contribution in [0.2, 0.25) is 0 Å². The zero-order valence-electron chi connectivity index (χ0n) is 20.4. The van der Waals surface area contributed by atoms with E-state index in [9.17, 15) is 22.8 Å². The van der Waals surface area contributed by atoms with Gasteiger partial charge in [-0.3, -0.25) is 9.79 Å². The van der Waals surface area contributed by atoms with Crippen molar-refractivity contribution in [1.29, 1.82) is 0 Å². The molecule has 0 unspecified atom stereocenters. The van der Waals surface area contributed by atoms with Crippen LogP contribution in [0.25, 0.3) is 10.9 Å². The van der Waals surface area contributed by atoms with Crippen molar-refractivity contribution in [1.82, 2.24) is 9.88 Å². The summed E-state index contributed by atoms with van der Waals surface area (Å²) in [6, 6.07) is 14.2. The summed E-state index contributed by atoms with van der Waals surface area (Å²) in [6.45, 7) is 5.10. The predicted molar refractivity (Wildman–Crippen MR) is 136 cm³/mol. The number of aromatic nitrogens is 1. The fourth-order valence-corrected chi connectivity index (χ4v) is 4.25. The lowest BCUT2D eigenvalue weighted by Crippen LogP contribution is -2.35. The van der Waals surface area contributed by atoms with Crippen molar-refractivity contribution < 1.29 is 27.5 Å². The molecule has 4 rings (SSSR count). The number of benzene rings is 2. The van der Waals surface area contributed by atoms with Gasteiger partial charge in [0.05, 0.1) is 29.3 Å². The first-order valence-corrected chi connectivity index (χ1v) is 11.6. The molecular formula is C28H26F3N3O3. The third kappa shape index (κ3) is 5.50. The van der Waals surface area contributed by atoms with E-state index < -0.39 is 23.4 Å². The number of esters is 1. The molecule has 0 aliphatic heterocycles. The molecule has 0 atom stereocenters. The minimum absolute atomic E-state index is 0.250. The van der Waals surface area contributed by atoms with Crippen LogP contribution in [-0.2, 0) is 16.8 Å². The zero-order valence-corrected chi connectivity index (χ0v) is 20.4. The molecule has 0 radical (unpaired) electrons. The lowest BCUT2D eigenvalue weighted by Gasteiger charge is -2.19. The summed E-state index contributed by atoms with van der Waals surface area (Å²) >= 11 is 0. The Morgan fingerprint density at radius 2 is 1.86 bits per heavy atom. The Hall–Kier alpha value is -4.14. The first kappa shape index (κ1) is 25.9. The molecule has 9 heteroatoms. The molecule has 6 nitrogen and oxygen atoms in total. The van der Waals surface area contributed by atoms with E-state index in [4.69, 9.17) is 4.74 Å². The summed E-state index contributed by atoms with van der Waals surface area (Å²) in [5, 5.41) is 3.98. The molecule has 2 aromatic carbocycles. The monoisotopic (exact) mass is 509 g/mol. The van der Waals surface area contributed by atoms with Crippen molar-refractivity contribution in [3.8, 4) is 0 Å². The number of rotatable bonds is 8. The molecule has 0 bridgehead atoms. The maximum absolute atomic E-state index is 13.4. The number of carbonyl (C=O) groups is 2. The van der Waals surface area contributed by atoms with Crippen molar-refractivity contribution in [3.05, 3.63) is 95.8 Å². The van der Waals surface area contributed by atoms with Gasteiger partial charge >= 0.3 is 12.1 Å². The number of methoxy groups -OCH3 is 1. The number of nitrogens with one attached hydrogen (secondary N) is 1. The number of carbonyl (C=O) groups excluding carboxylic acids is 2. The fourth-order valence-electron chi connectivity index (χ4n) is 4.25. The molecule has 3 aromatic rings. The normalized spacial score (nSPS) is 15.4. The topological polar surface area (TPSA) is 72.7 Å². The Morgan fingerprint density at radius 1 is 1.16 bits per heavy atom. The SMILES string of the molecule is C=CC(=N/C=C(\C)Cn1ccc2cccc(C(=O)NC3(c4ccc(C(=O)OC)cc4)CC3)c21)C(F)(F)F. The summed E-state index contributed by atoms with van der Waals surface area (Å²) in [5.41, 5.74) is 1.44. The third-order valence-electron chi connectivity index (χ3n) is 6.32. The molecule has 1 aromatic heterocycles. The van der Waals surface area contributed by atoms with Crippen molar-refractivity contribution >= 4 is 28.5 Å². The van der Waals surface area contributed by atoms with Crippen LogP contribution >= 0.6 is 0 Å². The number of amides is 1. The van der Waals surface area contributed by atoms with Crippen molar-refractivity contribution in [2.45, 2.75) is 38.0 Å². The average molecular weight is 510 g/mol. The number of para-hydroxylation sites is 1. The average Bonchev–Trinajstić information content (AvgIpc) is 3.54. The van der Waals surface area contributed by atoms with E-state index in [0.29, 0.717) is 28.3 Å². The van der Waals surface area contributed by atoms with Gasteiger partial charge in [-0.2, -0.15) is 13.2 Å². The summed E-state index contributed by atoms with van der Waals surface area (Å²) in [5.74, 6) is -0.687. The Morgan fingerprint density at radius 3 is 2.46 bits per heavy atom. The van der Waals surface area contributed by atoms with Gasteiger partial charge in [-0.25, -0.2) is 4.79 Å². The first-order chi connectivity index (χ1) is 17.6. The van der Waals surface area contributed by atoms with Crippen LogP contribution in [0, 0.1) is 0 Å². The second-order valence-corrected chi connectivity index (χ2v) is 8.98. The van der Waals surface area contributed by atoms with Gasteiger partial charge in [0.1, 0.15) is 5.71 Å². The third-order valence-corrected chi connectivity index (χ3v) is 6.32. The number of aliphatic imine (C=N–C) groups is 1. The van der Waals surface area contributed by atoms with Gasteiger partial charge in [-0.15, -0.1) is 0 Å². The van der Waals surface area contributed by atoms with Crippen molar-refractivity contribution in [2.24, 2.45) is 4.99 Å². The van der Waals surface area contributed by atoms with Crippen LogP contribution in [0.3, 0.4) is 0 Å². The molecule has 1 N–H and O–H groups in total. The number of allylic oxidation sites excluding steroid dienone is 2. The molecule has 1 saturated carbocycles. The standard InChI is InChI=1S/C28H26F3N3O3/c1-4-23(28(29,30)31)32-16-18(2)17-34-15-12-19-6-5-7-22(24(19)34)25(35)33-27(13-14-27)21-10-8-20(9-11-21)26(36)37-3/h4-12,15-16H,1,13-14,17H2,2-3H3,(H,33,35)/b18-16+,32-23?. The number of ether oxygens (including phenoxy) is 1. The van der Waals surface area contributed by atoms with E-state index in [1.165, 1.54) is 7.11 Å². The molecule has 192 valence electrons. The highest BCUT2D eigenvalue weighted by Gasteiger charge is 2.46. The second kappa shape index (κ2) is 10.1. The van der Waals surface area contributed by atoms with E-state index in [-0.39, 0.29) is 12.5 Å². The molecule has 1 aliphatic carbocycles. The molecule has 0 spiro atoms. The van der Waals surface area contributed by atoms with Gasteiger partial charge in [-0.05, 0) is 61.2 Å². The number of hydrogen-bond acceptors (Lipinski definition) is 4. The minimum atomic E-state index is -4.58. The molecule has 1 fully saturated rings. The van der Waals surface area contributed by atoms with Crippen molar-refractivity contribution in [3.63, 3.8) is 0 Å². The van der Waals surface area contributed by atoms with Crippen molar-refractivity contribution in [2.75, 3.05) is 7.11 Å². The van der Waals surface area contributed by atoms with E-state index in [1.54, 1.807) is 37.4 Å². The Bertz CT molecular complexity index is 1410. The highest BCUT2D eigenvalue weighted by molar-refractivity contribution is 6.06. The van der Waals surface area contributed by atoms with E-state index >= 15 is 0 Å². The lowest BCUT2D eigenvalue weighted by atomic mass is 10.0. The van der Waals surface area contributed by atoms with Crippen LogP contribution < -0.4 is 5.32 Å². The quantitative estimate of drug-likeness (QED) is 0.302. The van der Waals surface area contributed by atoms with Gasteiger partial charge in [0.25, 0.3) is 5.91 Å². The van der Waals surface area contributed by atoms with Gasteiger partial charge in [0.2, 0.25) is 0 Å². The van der Waals surface area contributed by atoms with Crippen LogP contribution in [0.1, 0.15) is 46.0 Å². The number of fused-ring (bicyclic) bond motifs is 1. The van der Waals surface area contributed by atoms with E-state index in [0.717, 1.165) is 30.0 Å². The molecule has 1 heterocycles. The highest BCUT2D eigenvalue weighted by Crippen LogP contribution is 2.46. The molecular weight excluding hydrogens is 483 g/mol. The van der Waals surface area contributed by atoms with Gasteiger partial charge < -0.3 is 14.6 Å².